The number of fused-ring (bicyclic) bond motifs is 1. The van der Waals surface area contributed by atoms with Crippen LogP contribution in [0, 0.1) is 0 Å². The maximum absolute atomic E-state index is 12.5. The van der Waals surface area contributed by atoms with Gasteiger partial charge in [-0.05, 0) is 41.5 Å². The van der Waals surface area contributed by atoms with Gasteiger partial charge in [-0.15, -0.1) is 13.2 Å². The van der Waals surface area contributed by atoms with Gasteiger partial charge in [0.25, 0.3) is 0 Å². The van der Waals surface area contributed by atoms with Gasteiger partial charge in [-0.1, -0.05) is 24.3 Å². The Morgan fingerprint density at radius 1 is 0.926 bits per heavy atom. The Bertz CT molecular complexity index is 1120. The summed E-state index contributed by atoms with van der Waals surface area (Å²) in [6.07, 6.45) is -1.39. The Morgan fingerprint density at radius 2 is 1.70 bits per heavy atom. The molecule has 136 valence electrons. The number of hydrogen-bond acceptors (Lipinski definition) is 3. The highest BCUT2D eigenvalue weighted by Crippen LogP contribution is 2.34. The van der Waals surface area contributed by atoms with Crippen LogP contribution in [0.15, 0.2) is 67.0 Å². The lowest BCUT2D eigenvalue weighted by Crippen LogP contribution is -2.17. The monoisotopic (exact) mass is 370 g/mol. The lowest BCUT2D eigenvalue weighted by molar-refractivity contribution is -0.274. The molecule has 0 bridgehead atoms. The van der Waals surface area contributed by atoms with Gasteiger partial charge in [0, 0.05) is 28.9 Å². The van der Waals surface area contributed by atoms with Crippen LogP contribution in [-0.4, -0.2) is 21.4 Å². The first kappa shape index (κ1) is 17.0. The van der Waals surface area contributed by atoms with E-state index in [0.717, 1.165) is 16.5 Å². The molecule has 4 rings (SSSR count). The molecule has 4 nitrogen and oxygen atoms in total. The molecule has 0 aliphatic heterocycles. The van der Waals surface area contributed by atoms with Gasteiger partial charge in [0.1, 0.15) is 17.1 Å². The molecule has 0 fully saturated rings. The summed E-state index contributed by atoms with van der Waals surface area (Å²) in [6, 6.07) is 14.4. The maximum atomic E-state index is 12.5. The van der Waals surface area contributed by atoms with Crippen LogP contribution in [0.3, 0.4) is 0 Å². The third-order valence-electron chi connectivity index (χ3n) is 4.09. The lowest BCUT2D eigenvalue weighted by Gasteiger charge is -2.10. The molecule has 0 saturated heterocycles. The van der Waals surface area contributed by atoms with E-state index < -0.39 is 6.36 Å². The maximum Gasteiger partial charge on any atom is 0.573 e. The highest BCUT2D eigenvalue weighted by Gasteiger charge is 2.31. The van der Waals surface area contributed by atoms with Gasteiger partial charge in [-0.25, -0.2) is 4.98 Å². The average molecular weight is 370 g/mol. The molecule has 0 spiro atoms. The number of H-pyrrole nitrogens is 1. The van der Waals surface area contributed by atoms with Crippen molar-refractivity contribution >= 4 is 11.0 Å². The highest BCUT2D eigenvalue weighted by molar-refractivity contribution is 5.96. The molecule has 2 aromatic carbocycles. The number of alkyl halides is 3. The second kappa shape index (κ2) is 6.35. The molecule has 2 N–H and O–H groups in total. The first-order valence-electron chi connectivity index (χ1n) is 8.02. The van der Waals surface area contributed by atoms with Gasteiger partial charge < -0.3 is 14.8 Å². The fraction of sp³-hybridized carbons (Fsp3) is 0.0500. The Hall–Kier alpha value is -3.48. The van der Waals surface area contributed by atoms with E-state index in [1.165, 1.54) is 18.2 Å². The van der Waals surface area contributed by atoms with E-state index in [9.17, 15) is 18.3 Å². The molecule has 4 aromatic rings. The second-order valence-electron chi connectivity index (χ2n) is 5.95. The van der Waals surface area contributed by atoms with E-state index in [0.29, 0.717) is 16.8 Å². The SMILES string of the molecule is Oc1cccc(-c2cnc3[nH]cc(-c4cccc(OC(F)(F)F)c4)c3c2)c1. The number of pyridine rings is 1. The lowest BCUT2D eigenvalue weighted by atomic mass is 10.0. The van der Waals surface area contributed by atoms with E-state index in [4.69, 9.17) is 0 Å². The van der Waals surface area contributed by atoms with Crippen molar-refractivity contribution in [2.45, 2.75) is 6.36 Å². The standard InChI is InChI=1S/C20H13F3N2O2/c21-20(22,23)27-16-6-2-4-13(8-16)18-11-25-19-17(18)9-14(10-24-19)12-3-1-5-15(26)7-12/h1-11,26H,(H,24,25). The van der Waals surface area contributed by atoms with Crippen molar-refractivity contribution in [1.82, 2.24) is 9.97 Å². The van der Waals surface area contributed by atoms with Gasteiger partial charge >= 0.3 is 6.36 Å². The molecule has 2 heterocycles. The van der Waals surface area contributed by atoms with Crippen molar-refractivity contribution < 1.29 is 23.0 Å². The van der Waals surface area contributed by atoms with Gasteiger partial charge in [0.05, 0.1) is 0 Å². The Morgan fingerprint density at radius 3 is 2.48 bits per heavy atom. The Labute approximate surface area is 151 Å². The summed E-state index contributed by atoms with van der Waals surface area (Å²) in [6.45, 7) is 0. The molecule has 0 aliphatic rings. The number of aromatic nitrogens is 2. The van der Waals surface area contributed by atoms with Crippen molar-refractivity contribution in [2.75, 3.05) is 0 Å². The van der Waals surface area contributed by atoms with E-state index in [-0.39, 0.29) is 11.5 Å². The van der Waals surface area contributed by atoms with Crippen LogP contribution in [0.1, 0.15) is 0 Å². The number of nitrogens with zero attached hydrogens (tertiary/aromatic N) is 1. The van der Waals surface area contributed by atoms with E-state index in [2.05, 4.69) is 14.7 Å². The summed E-state index contributed by atoms with van der Waals surface area (Å²) in [5.74, 6) is -0.148. The largest absolute Gasteiger partial charge is 0.573 e. The Balaban J connectivity index is 1.79. The normalized spacial score (nSPS) is 11.7. The van der Waals surface area contributed by atoms with Crippen LogP contribution in [0.4, 0.5) is 13.2 Å². The van der Waals surface area contributed by atoms with Crippen LogP contribution in [-0.2, 0) is 0 Å². The van der Waals surface area contributed by atoms with Crippen LogP contribution in [0.2, 0.25) is 0 Å². The van der Waals surface area contributed by atoms with Crippen molar-refractivity contribution in [3.63, 3.8) is 0 Å². The van der Waals surface area contributed by atoms with Crippen molar-refractivity contribution in [2.24, 2.45) is 0 Å². The number of rotatable bonds is 3. The number of aromatic hydroxyl groups is 1. The summed E-state index contributed by atoms with van der Waals surface area (Å²) in [5.41, 5.74) is 3.44. The first-order chi connectivity index (χ1) is 12.9. The van der Waals surface area contributed by atoms with Crippen LogP contribution in [0.25, 0.3) is 33.3 Å². The van der Waals surface area contributed by atoms with Crippen LogP contribution < -0.4 is 4.74 Å². The smallest absolute Gasteiger partial charge is 0.508 e. The quantitative estimate of drug-likeness (QED) is 0.501. The molecule has 0 saturated carbocycles. The summed E-state index contributed by atoms with van der Waals surface area (Å²) in [7, 11) is 0. The third kappa shape index (κ3) is 3.57. The molecule has 0 radical (unpaired) electrons. The number of phenols is 1. The zero-order valence-corrected chi connectivity index (χ0v) is 13.8. The number of ether oxygens (including phenoxy) is 1. The number of hydrogen-bond donors (Lipinski definition) is 2. The minimum atomic E-state index is -4.75. The zero-order valence-electron chi connectivity index (χ0n) is 13.8. The number of aromatic amines is 1. The summed E-state index contributed by atoms with van der Waals surface area (Å²) >= 11 is 0. The molecular weight excluding hydrogens is 357 g/mol. The molecule has 2 aromatic heterocycles. The average Bonchev–Trinajstić information content (AvgIpc) is 3.03. The number of halogens is 3. The molecular formula is C20H13F3N2O2. The molecule has 0 atom stereocenters. The molecule has 0 amide bonds. The predicted molar refractivity (Wildman–Crippen MR) is 95.3 cm³/mol. The second-order valence-corrected chi connectivity index (χ2v) is 5.95. The highest BCUT2D eigenvalue weighted by atomic mass is 19.4. The summed E-state index contributed by atoms with van der Waals surface area (Å²) in [5, 5.41) is 10.4. The fourth-order valence-corrected chi connectivity index (χ4v) is 2.95. The van der Waals surface area contributed by atoms with Gasteiger partial charge in [-0.2, -0.15) is 0 Å². The molecule has 7 heteroatoms. The fourth-order valence-electron chi connectivity index (χ4n) is 2.95. The van der Waals surface area contributed by atoms with Crippen molar-refractivity contribution in [1.29, 1.82) is 0 Å². The number of nitrogens with one attached hydrogen (secondary N) is 1. The molecule has 0 aliphatic carbocycles. The number of benzene rings is 2. The van der Waals surface area contributed by atoms with Gasteiger partial charge in [0.2, 0.25) is 0 Å². The number of phenolic OH excluding ortho intramolecular Hbond substituents is 1. The predicted octanol–water partition coefficient (Wildman–Crippen LogP) is 5.50. The van der Waals surface area contributed by atoms with E-state index in [1.54, 1.807) is 36.7 Å². The van der Waals surface area contributed by atoms with Crippen LogP contribution >= 0.6 is 0 Å². The third-order valence-corrected chi connectivity index (χ3v) is 4.09. The van der Waals surface area contributed by atoms with Gasteiger partial charge in [0.15, 0.2) is 0 Å². The zero-order chi connectivity index (χ0) is 19.0. The van der Waals surface area contributed by atoms with Crippen molar-refractivity contribution in [3.05, 3.63) is 67.0 Å². The van der Waals surface area contributed by atoms with E-state index >= 15 is 0 Å². The van der Waals surface area contributed by atoms with Gasteiger partial charge in [-0.3, -0.25) is 0 Å². The van der Waals surface area contributed by atoms with Crippen LogP contribution in [0.5, 0.6) is 11.5 Å². The topological polar surface area (TPSA) is 58.1 Å². The minimum Gasteiger partial charge on any atom is -0.508 e. The first-order valence-corrected chi connectivity index (χ1v) is 8.02. The molecule has 0 unspecified atom stereocenters. The Kier molecular flexibility index (Phi) is 3.99. The summed E-state index contributed by atoms with van der Waals surface area (Å²) in [4.78, 5) is 7.39. The van der Waals surface area contributed by atoms with Crippen molar-refractivity contribution in [3.8, 4) is 33.8 Å². The van der Waals surface area contributed by atoms with E-state index in [1.807, 2.05) is 12.1 Å². The summed E-state index contributed by atoms with van der Waals surface area (Å²) < 4.78 is 41.5. The minimum absolute atomic E-state index is 0.138. The molecule has 27 heavy (non-hydrogen) atoms.